The second-order valence-corrected chi connectivity index (χ2v) is 7.19. The second kappa shape index (κ2) is 6.90. The molecule has 0 aromatic carbocycles. The molecule has 0 bridgehead atoms. The summed E-state index contributed by atoms with van der Waals surface area (Å²) in [4.78, 5) is 6.75. The minimum Gasteiger partial charge on any atom is -0.468 e. The third-order valence-electron chi connectivity index (χ3n) is 5.07. The summed E-state index contributed by atoms with van der Waals surface area (Å²) in [5.41, 5.74) is -0.225. The van der Waals surface area contributed by atoms with E-state index in [-0.39, 0.29) is 11.7 Å². The summed E-state index contributed by atoms with van der Waals surface area (Å²) in [6.07, 6.45) is 3.92. The van der Waals surface area contributed by atoms with Gasteiger partial charge in [-0.1, -0.05) is 0 Å². The number of nitrogens with zero attached hydrogens (tertiary/aromatic N) is 4. The van der Waals surface area contributed by atoms with Gasteiger partial charge in [-0.05, 0) is 38.8 Å². The lowest BCUT2D eigenvalue weighted by Crippen LogP contribution is -2.44. The molecule has 4 heterocycles. The molecule has 0 radical (unpaired) electrons. The van der Waals surface area contributed by atoms with Gasteiger partial charge in [-0.15, -0.1) is 0 Å². The normalized spacial score (nSPS) is 27.8. The molecule has 1 spiro atoms. The Labute approximate surface area is 147 Å². The maximum Gasteiger partial charge on any atom is 0.147 e. The molecule has 0 saturated carbocycles. The topological polar surface area (TPSA) is 65.5 Å². The van der Waals surface area contributed by atoms with Gasteiger partial charge < -0.3 is 13.9 Å². The first-order valence-corrected chi connectivity index (χ1v) is 9.00. The van der Waals surface area contributed by atoms with Gasteiger partial charge in [0, 0.05) is 13.1 Å². The van der Waals surface area contributed by atoms with E-state index in [1.165, 1.54) is 0 Å². The van der Waals surface area contributed by atoms with Crippen molar-refractivity contribution in [3.8, 4) is 0 Å². The summed E-state index contributed by atoms with van der Waals surface area (Å²) in [6.45, 7) is 8.64. The van der Waals surface area contributed by atoms with Crippen LogP contribution in [0.1, 0.15) is 30.3 Å². The van der Waals surface area contributed by atoms with Gasteiger partial charge in [-0.3, -0.25) is 4.90 Å². The van der Waals surface area contributed by atoms with Gasteiger partial charge in [0.15, 0.2) is 0 Å². The number of hydrogen-bond donors (Lipinski definition) is 0. The van der Waals surface area contributed by atoms with Crippen LogP contribution >= 0.6 is 0 Å². The lowest BCUT2D eigenvalue weighted by atomic mass is 10.00. The van der Waals surface area contributed by atoms with Crippen LogP contribution in [0, 0.1) is 13.8 Å². The molecule has 2 atom stereocenters. The van der Waals surface area contributed by atoms with Crippen molar-refractivity contribution in [2.24, 2.45) is 0 Å². The third-order valence-corrected chi connectivity index (χ3v) is 5.07. The highest BCUT2D eigenvalue weighted by atomic mass is 16.6. The molecule has 0 aliphatic carbocycles. The van der Waals surface area contributed by atoms with E-state index in [0.29, 0.717) is 6.61 Å². The van der Waals surface area contributed by atoms with E-state index >= 15 is 0 Å². The lowest BCUT2D eigenvalue weighted by molar-refractivity contribution is -0.0908. The van der Waals surface area contributed by atoms with Crippen molar-refractivity contribution >= 4 is 0 Å². The first kappa shape index (κ1) is 16.8. The van der Waals surface area contributed by atoms with Crippen molar-refractivity contribution < 1.29 is 13.9 Å². The molecule has 25 heavy (non-hydrogen) atoms. The molecule has 2 aliphatic heterocycles. The summed E-state index contributed by atoms with van der Waals surface area (Å²) in [6, 6.07) is 3.95. The quantitative estimate of drug-likeness (QED) is 0.843. The molecule has 2 aromatic heterocycles. The molecule has 2 aliphatic rings. The Balaban J connectivity index is 1.41. The van der Waals surface area contributed by atoms with E-state index in [0.717, 1.165) is 63.0 Å². The molecule has 136 valence electrons. The van der Waals surface area contributed by atoms with Crippen LogP contribution in [0.4, 0.5) is 0 Å². The minimum absolute atomic E-state index is 0.159. The monoisotopic (exact) mass is 346 g/mol. The Morgan fingerprint density at radius 2 is 2.28 bits per heavy atom. The van der Waals surface area contributed by atoms with Gasteiger partial charge in [0.25, 0.3) is 0 Å². The predicted octanol–water partition coefficient (Wildman–Crippen LogP) is 1.94. The molecule has 2 saturated heterocycles. The smallest absolute Gasteiger partial charge is 0.147 e. The van der Waals surface area contributed by atoms with Crippen LogP contribution in [0.15, 0.2) is 22.8 Å². The summed E-state index contributed by atoms with van der Waals surface area (Å²) < 4.78 is 19.8. The predicted molar refractivity (Wildman–Crippen MR) is 91.1 cm³/mol. The molecule has 7 nitrogen and oxygen atoms in total. The molecule has 2 aromatic rings. The van der Waals surface area contributed by atoms with Gasteiger partial charge in [0.05, 0.1) is 38.7 Å². The number of ether oxygens (including phenoxy) is 2. The summed E-state index contributed by atoms with van der Waals surface area (Å²) in [5.74, 6) is 2.74. The van der Waals surface area contributed by atoms with Gasteiger partial charge in [-0.2, -0.15) is 5.10 Å². The molecular formula is C18H26N4O3. The summed E-state index contributed by atoms with van der Waals surface area (Å²) in [7, 11) is 0. The van der Waals surface area contributed by atoms with E-state index in [2.05, 4.69) is 15.0 Å². The maximum atomic E-state index is 6.50. The second-order valence-electron chi connectivity index (χ2n) is 7.19. The van der Waals surface area contributed by atoms with Gasteiger partial charge in [-0.25, -0.2) is 9.67 Å². The Bertz CT molecular complexity index is 699. The number of furan rings is 1. The highest BCUT2D eigenvalue weighted by Gasteiger charge is 2.43. The van der Waals surface area contributed by atoms with Gasteiger partial charge in [0.2, 0.25) is 0 Å². The van der Waals surface area contributed by atoms with E-state index in [1.54, 1.807) is 6.26 Å². The zero-order chi connectivity index (χ0) is 17.3. The first-order valence-electron chi connectivity index (χ1n) is 9.00. The molecular weight excluding hydrogens is 320 g/mol. The van der Waals surface area contributed by atoms with Crippen LogP contribution in [0.5, 0.6) is 0 Å². The Morgan fingerprint density at radius 1 is 1.36 bits per heavy atom. The fourth-order valence-corrected chi connectivity index (χ4v) is 3.92. The molecule has 0 amide bonds. The van der Waals surface area contributed by atoms with E-state index in [4.69, 9.17) is 13.9 Å². The van der Waals surface area contributed by atoms with Crippen LogP contribution < -0.4 is 0 Å². The number of rotatable bonds is 4. The number of hydrogen-bond acceptors (Lipinski definition) is 6. The fraction of sp³-hybridized carbons (Fsp3) is 0.667. The fourth-order valence-electron chi connectivity index (χ4n) is 3.92. The molecule has 0 unspecified atom stereocenters. The average molecular weight is 346 g/mol. The zero-order valence-electron chi connectivity index (χ0n) is 15.0. The van der Waals surface area contributed by atoms with Crippen molar-refractivity contribution in [3.63, 3.8) is 0 Å². The van der Waals surface area contributed by atoms with Gasteiger partial charge >= 0.3 is 0 Å². The molecule has 0 N–H and O–H groups in total. The number of aryl methyl sites for hydroxylation is 2. The van der Waals surface area contributed by atoms with Crippen LogP contribution in [0.3, 0.4) is 0 Å². The van der Waals surface area contributed by atoms with Crippen molar-refractivity contribution in [2.45, 2.75) is 51.5 Å². The maximum absolute atomic E-state index is 6.50. The summed E-state index contributed by atoms with van der Waals surface area (Å²) >= 11 is 0. The highest BCUT2D eigenvalue weighted by molar-refractivity contribution is 5.00. The van der Waals surface area contributed by atoms with Crippen LogP contribution in [0.2, 0.25) is 0 Å². The van der Waals surface area contributed by atoms with Crippen molar-refractivity contribution in [1.82, 2.24) is 19.7 Å². The van der Waals surface area contributed by atoms with Crippen LogP contribution in [-0.2, 0) is 22.6 Å². The van der Waals surface area contributed by atoms with Crippen molar-refractivity contribution in [1.29, 1.82) is 0 Å². The third kappa shape index (κ3) is 3.78. The van der Waals surface area contributed by atoms with Crippen molar-refractivity contribution in [2.75, 3.05) is 26.3 Å². The van der Waals surface area contributed by atoms with Crippen LogP contribution in [-0.4, -0.2) is 57.7 Å². The largest absolute Gasteiger partial charge is 0.468 e. The molecule has 4 rings (SSSR count). The standard InChI is InChI=1S/C18H26N4O3/c1-14-19-15(2)22(20-14)11-17-5-6-18(25-17)12-21(7-9-23-13-18)10-16-4-3-8-24-16/h3-4,8,17H,5-7,9-13H2,1-2H3/t17-,18-/m0/s1. The van der Waals surface area contributed by atoms with E-state index in [9.17, 15) is 0 Å². The highest BCUT2D eigenvalue weighted by Crippen LogP contribution is 2.34. The van der Waals surface area contributed by atoms with Gasteiger partial charge in [0.1, 0.15) is 23.0 Å². The molecule has 7 heteroatoms. The zero-order valence-corrected chi connectivity index (χ0v) is 15.0. The van der Waals surface area contributed by atoms with Crippen LogP contribution in [0.25, 0.3) is 0 Å². The Morgan fingerprint density at radius 3 is 3.04 bits per heavy atom. The Hall–Kier alpha value is -1.70. The molecule has 2 fully saturated rings. The lowest BCUT2D eigenvalue weighted by Gasteiger charge is -2.31. The average Bonchev–Trinajstić information content (AvgIpc) is 3.24. The minimum atomic E-state index is -0.225. The Kier molecular flexibility index (Phi) is 4.62. The van der Waals surface area contributed by atoms with Crippen molar-refractivity contribution in [3.05, 3.63) is 35.8 Å². The van der Waals surface area contributed by atoms with E-state index < -0.39 is 0 Å². The SMILES string of the molecule is Cc1nc(C)n(C[C@@H]2CC[C@]3(COCCN(Cc4ccco4)C3)O2)n1. The number of aromatic nitrogens is 3. The summed E-state index contributed by atoms with van der Waals surface area (Å²) in [5, 5.41) is 4.46. The first-order chi connectivity index (χ1) is 12.1. The van der Waals surface area contributed by atoms with E-state index in [1.807, 2.05) is 30.7 Å².